The van der Waals surface area contributed by atoms with E-state index in [-0.39, 0.29) is 10.6 Å². The first-order valence-electron chi connectivity index (χ1n) is 9.70. The van der Waals surface area contributed by atoms with Crippen molar-refractivity contribution >= 4 is 27.3 Å². The predicted molar refractivity (Wildman–Crippen MR) is 118 cm³/mol. The summed E-state index contributed by atoms with van der Waals surface area (Å²) < 4.78 is 46.9. The molecule has 0 aliphatic carbocycles. The van der Waals surface area contributed by atoms with Gasteiger partial charge >= 0.3 is 0 Å². The summed E-state index contributed by atoms with van der Waals surface area (Å²) in [6.45, 7) is 3.66. The zero-order valence-electron chi connectivity index (χ0n) is 17.1. The molecule has 1 atom stereocenters. The minimum Gasteiger partial charge on any atom is -0.478 e. The maximum absolute atomic E-state index is 13.8. The highest BCUT2D eigenvalue weighted by Crippen LogP contribution is 2.21. The van der Waals surface area contributed by atoms with E-state index in [1.165, 1.54) is 42.5 Å². The number of carbonyl (C=O) groups excluding carboxylic acids is 1. The van der Waals surface area contributed by atoms with Crippen LogP contribution >= 0.6 is 0 Å². The highest BCUT2D eigenvalue weighted by molar-refractivity contribution is 7.92. The number of ether oxygens (including phenoxy) is 1. The minimum atomic E-state index is -3.77. The Hall–Kier alpha value is -3.39. The van der Waals surface area contributed by atoms with Gasteiger partial charge in [-0.05, 0) is 61.9 Å². The number of hydrogen-bond donors (Lipinski definition) is 2. The molecule has 0 aliphatic rings. The maximum Gasteiger partial charge on any atom is 0.265 e. The normalized spacial score (nSPS) is 12.1. The summed E-state index contributed by atoms with van der Waals surface area (Å²) in [5.41, 5.74) is 1.88. The molecule has 0 bridgehead atoms. The van der Waals surface area contributed by atoms with Gasteiger partial charge in [-0.15, -0.1) is 0 Å². The zero-order chi connectivity index (χ0) is 22.4. The first kappa shape index (κ1) is 22.3. The Kier molecular flexibility index (Phi) is 6.91. The Morgan fingerprint density at radius 2 is 1.58 bits per heavy atom. The third kappa shape index (κ3) is 5.82. The van der Waals surface area contributed by atoms with E-state index in [0.29, 0.717) is 17.8 Å². The fourth-order valence-corrected chi connectivity index (χ4v) is 3.85. The fraction of sp³-hybridized carbons (Fsp3) is 0.174. The van der Waals surface area contributed by atoms with Crippen molar-refractivity contribution in [3.05, 3.63) is 84.2 Å². The number of nitrogens with one attached hydrogen (secondary N) is 2. The molecule has 3 aromatic rings. The number of para-hydroxylation sites is 1. The molecule has 3 aromatic carbocycles. The van der Waals surface area contributed by atoms with Crippen LogP contribution in [0.3, 0.4) is 0 Å². The van der Waals surface area contributed by atoms with Crippen molar-refractivity contribution in [2.24, 2.45) is 0 Å². The Morgan fingerprint density at radius 1 is 0.968 bits per heavy atom. The third-order valence-electron chi connectivity index (χ3n) is 4.51. The van der Waals surface area contributed by atoms with Crippen molar-refractivity contribution in [2.45, 2.75) is 31.3 Å². The largest absolute Gasteiger partial charge is 0.478 e. The molecule has 0 fully saturated rings. The first-order chi connectivity index (χ1) is 14.8. The van der Waals surface area contributed by atoms with Crippen molar-refractivity contribution in [2.75, 3.05) is 10.0 Å². The van der Waals surface area contributed by atoms with Gasteiger partial charge in [-0.1, -0.05) is 36.8 Å². The van der Waals surface area contributed by atoms with Crippen LogP contribution in [0.4, 0.5) is 15.8 Å². The smallest absolute Gasteiger partial charge is 0.265 e. The SMILES string of the molecule is CC[C@@H](Oc1ccccc1F)C(=O)Nc1ccc(S(=O)(=O)Nc2ccc(C)cc2)cc1. The van der Waals surface area contributed by atoms with Crippen molar-refractivity contribution in [1.29, 1.82) is 0 Å². The van der Waals surface area contributed by atoms with Gasteiger partial charge in [0.2, 0.25) is 0 Å². The summed E-state index contributed by atoms with van der Waals surface area (Å²) in [7, 11) is -3.77. The van der Waals surface area contributed by atoms with Crippen LogP contribution in [0.5, 0.6) is 5.75 Å². The number of benzene rings is 3. The monoisotopic (exact) mass is 442 g/mol. The molecule has 0 aliphatic heterocycles. The van der Waals surface area contributed by atoms with Gasteiger partial charge < -0.3 is 10.1 Å². The van der Waals surface area contributed by atoms with E-state index in [4.69, 9.17) is 4.74 Å². The lowest BCUT2D eigenvalue weighted by Gasteiger charge is -2.17. The number of halogens is 1. The van der Waals surface area contributed by atoms with E-state index in [1.54, 1.807) is 25.1 Å². The summed E-state index contributed by atoms with van der Waals surface area (Å²) >= 11 is 0. The van der Waals surface area contributed by atoms with Crippen molar-refractivity contribution in [3.8, 4) is 5.75 Å². The standard InChI is InChI=1S/C23H23FN2O4S/c1-3-21(30-22-7-5-4-6-20(22)24)23(27)25-17-12-14-19(15-13-17)31(28,29)26-18-10-8-16(2)9-11-18/h4-15,21,26H,3H2,1-2H3,(H,25,27)/t21-/m1/s1. The summed E-state index contributed by atoms with van der Waals surface area (Å²) in [5.74, 6) is -1.02. The van der Waals surface area contributed by atoms with Gasteiger partial charge in [0.15, 0.2) is 17.7 Å². The Balaban J connectivity index is 1.67. The number of rotatable bonds is 8. The second kappa shape index (κ2) is 9.61. The maximum atomic E-state index is 13.8. The highest BCUT2D eigenvalue weighted by atomic mass is 32.2. The van der Waals surface area contributed by atoms with E-state index in [2.05, 4.69) is 10.0 Å². The number of hydrogen-bond acceptors (Lipinski definition) is 4. The van der Waals surface area contributed by atoms with Crippen LogP contribution in [-0.2, 0) is 14.8 Å². The van der Waals surface area contributed by atoms with Gasteiger partial charge in [-0.25, -0.2) is 12.8 Å². The van der Waals surface area contributed by atoms with E-state index in [9.17, 15) is 17.6 Å². The number of anilines is 2. The highest BCUT2D eigenvalue weighted by Gasteiger charge is 2.20. The first-order valence-corrected chi connectivity index (χ1v) is 11.2. The second-order valence-corrected chi connectivity index (χ2v) is 8.61. The summed E-state index contributed by atoms with van der Waals surface area (Å²) in [6.07, 6.45) is -0.573. The topological polar surface area (TPSA) is 84.5 Å². The number of carbonyl (C=O) groups is 1. The molecule has 0 heterocycles. The van der Waals surface area contributed by atoms with Crippen LogP contribution in [-0.4, -0.2) is 20.4 Å². The van der Waals surface area contributed by atoms with Crippen LogP contribution < -0.4 is 14.8 Å². The third-order valence-corrected chi connectivity index (χ3v) is 5.90. The van der Waals surface area contributed by atoms with Crippen LogP contribution in [0.25, 0.3) is 0 Å². The van der Waals surface area contributed by atoms with Gasteiger partial charge in [-0.3, -0.25) is 9.52 Å². The molecule has 6 nitrogen and oxygen atoms in total. The van der Waals surface area contributed by atoms with Gasteiger partial charge in [-0.2, -0.15) is 0 Å². The molecule has 31 heavy (non-hydrogen) atoms. The lowest BCUT2D eigenvalue weighted by atomic mass is 10.2. The van der Waals surface area contributed by atoms with E-state index >= 15 is 0 Å². The molecule has 0 saturated carbocycles. The molecular formula is C23H23FN2O4S. The quantitative estimate of drug-likeness (QED) is 0.528. The molecule has 0 spiro atoms. The fourth-order valence-electron chi connectivity index (χ4n) is 2.79. The van der Waals surface area contributed by atoms with Crippen LogP contribution in [0.2, 0.25) is 0 Å². The summed E-state index contributed by atoms with van der Waals surface area (Å²) in [6, 6.07) is 18.6. The van der Waals surface area contributed by atoms with Crippen molar-refractivity contribution in [1.82, 2.24) is 0 Å². The van der Waals surface area contributed by atoms with E-state index in [1.807, 2.05) is 19.1 Å². The molecule has 0 unspecified atom stereocenters. The van der Waals surface area contributed by atoms with Crippen LogP contribution in [0.1, 0.15) is 18.9 Å². The van der Waals surface area contributed by atoms with E-state index in [0.717, 1.165) is 5.56 Å². The second-order valence-electron chi connectivity index (χ2n) is 6.93. The molecule has 3 rings (SSSR count). The lowest BCUT2D eigenvalue weighted by Crippen LogP contribution is -2.32. The average Bonchev–Trinajstić information content (AvgIpc) is 2.75. The molecule has 0 saturated heterocycles. The summed E-state index contributed by atoms with van der Waals surface area (Å²) in [4.78, 5) is 12.6. The molecule has 0 aromatic heterocycles. The zero-order valence-corrected chi connectivity index (χ0v) is 17.9. The van der Waals surface area contributed by atoms with Crippen LogP contribution in [0.15, 0.2) is 77.7 Å². The summed E-state index contributed by atoms with van der Waals surface area (Å²) in [5, 5.41) is 2.67. The lowest BCUT2D eigenvalue weighted by molar-refractivity contribution is -0.122. The Bertz CT molecular complexity index is 1150. The van der Waals surface area contributed by atoms with Crippen molar-refractivity contribution < 1.29 is 22.3 Å². The number of amides is 1. The molecular weight excluding hydrogens is 419 g/mol. The minimum absolute atomic E-state index is 0.00637. The molecule has 162 valence electrons. The van der Waals surface area contributed by atoms with Gasteiger partial charge in [0.25, 0.3) is 15.9 Å². The van der Waals surface area contributed by atoms with Crippen LogP contribution in [0, 0.1) is 12.7 Å². The molecule has 0 radical (unpaired) electrons. The average molecular weight is 443 g/mol. The number of aryl methyl sites for hydroxylation is 1. The Labute approximate surface area is 181 Å². The molecule has 8 heteroatoms. The van der Waals surface area contributed by atoms with E-state index < -0.39 is 27.9 Å². The predicted octanol–water partition coefficient (Wildman–Crippen LogP) is 4.73. The Morgan fingerprint density at radius 3 is 2.19 bits per heavy atom. The van der Waals surface area contributed by atoms with Gasteiger partial charge in [0.1, 0.15) is 0 Å². The van der Waals surface area contributed by atoms with Crippen molar-refractivity contribution in [3.63, 3.8) is 0 Å². The van der Waals surface area contributed by atoms with Gasteiger partial charge in [0.05, 0.1) is 4.90 Å². The van der Waals surface area contributed by atoms with Gasteiger partial charge in [0, 0.05) is 11.4 Å². The molecule has 1 amide bonds. The number of sulfonamides is 1. The molecule has 2 N–H and O–H groups in total.